The normalized spacial score (nSPS) is 15.1. The van der Waals surface area contributed by atoms with Crippen molar-refractivity contribution in [2.45, 2.75) is 35.7 Å². The molecule has 0 bridgehead atoms. The molecule has 2 aliphatic heterocycles. The van der Waals surface area contributed by atoms with Gasteiger partial charge in [0.2, 0.25) is 5.91 Å². The topological polar surface area (TPSA) is 80.8 Å². The van der Waals surface area contributed by atoms with Gasteiger partial charge in [0.25, 0.3) is 5.91 Å². The third-order valence-corrected chi connectivity index (χ3v) is 6.92. The van der Waals surface area contributed by atoms with E-state index in [0.717, 1.165) is 21.9 Å². The van der Waals surface area contributed by atoms with Crippen molar-refractivity contribution >= 4 is 29.3 Å². The lowest BCUT2D eigenvalue weighted by Crippen LogP contribution is -2.33. The highest BCUT2D eigenvalue weighted by Gasteiger charge is 2.27. The minimum absolute atomic E-state index is 0.0608. The Balaban J connectivity index is 1.23. The number of nitrogens with one attached hydrogen (secondary N) is 1. The molecule has 0 saturated heterocycles. The molecule has 2 aliphatic rings. The van der Waals surface area contributed by atoms with Crippen LogP contribution in [0.15, 0.2) is 70.7 Å². The predicted octanol–water partition coefficient (Wildman–Crippen LogP) is 4.62. The quantitative estimate of drug-likeness (QED) is 0.560. The van der Waals surface area contributed by atoms with Gasteiger partial charge in [-0.15, -0.1) is 0 Å². The van der Waals surface area contributed by atoms with E-state index in [1.54, 1.807) is 23.2 Å². The van der Waals surface area contributed by atoms with E-state index in [4.69, 9.17) is 9.47 Å². The van der Waals surface area contributed by atoms with Crippen molar-refractivity contribution in [3.05, 3.63) is 71.9 Å². The minimum Gasteiger partial charge on any atom is -0.486 e. The van der Waals surface area contributed by atoms with Crippen LogP contribution in [-0.2, 0) is 4.79 Å². The van der Waals surface area contributed by atoms with E-state index in [1.807, 2.05) is 49.4 Å². The first-order valence-electron chi connectivity index (χ1n) is 11.3. The van der Waals surface area contributed by atoms with E-state index < -0.39 is 0 Å². The fraction of sp³-hybridized carbons (Fsp3) is 0.269. The zero-order chi connectivity index (χ0) is 23.5. The predicted molar refractivity (Wildman–Crippen MR) is 130 cm³/mol. The number of carbonyl (C=O) groups excluding carboxylic acids is 2. The molecule has 1 aromatic heterocycles. The van der Waals surface area contributed by atoms with Crippen LogP contribution in [0.1, 0.15) is 41.7 Å². The first kappa shape index (κ1) is 22.3. The molecule has 0 fully saturated rings. The van der Waals surface area contributed by atoms with E-state index in [1.165, 1.54) is 11.8 Å². The van der Waals surface area contributed by atoms with Gasteiger partial charge in [-0.2, -0.15) is 0 Å². The Morgan fingerprint density at radius 2 is 1.94 bits per heavy atom. The van der Waals surface area contributed by atoms with Crippen LogP contribution in [0.25, 0.3) is 0 Å². The van der Waals surface area contributed by atoms with E-state index in [-0.39, 0.29) is 17.9 Å². The number of rotatable bonds is 6. The Hall–Kier alpha value is -3.52. The second-order valence-electron chi connectivity index (χ2n) is 8.18. The number of anilines is 1. The van der Waals surface area contributed by atoms with Crippen molar-refractivity contribution in [1.82, 2.24) is 10.3 Å². The molecule has 174 valence electrons. The van der Waals surface area contributed by atoms with Gasteiger partial charge in [-0.1, -0.05) is 30.0 Å². The summed E-state index contributed by atoms with van der Waals surface area (Å²) in [5, 5.41) is 3.75. The number of aromatic nitrogens is 1. The highest BCUT2D eigenvalue weighted by molar-refractivity contribution is 7.99. The van der Waals surface area contributed by atoms with Crippen LogP contribution in [-0.4, -0.2) is 36.6 Å². The second-order valence-corrected chi connectivity index (χ2v) is 9.21. The molecule has 1 N–H and O–H groups in total. The summed E-state index contributed by atoms with van der Waals surface area (Å²) in [6.07, 6.45) is 2.55. The maximum atomic E-state index is 13.3. The van der Waals surface area contributed by atoms with Crippen LogP contribution in [0.2, 0.25) is 0 Å². The summed E-state index contributed by atoms with van der Waals surface area (Å²) in [7, 11) is 0. The Bertz CT molecular complexity index is 1230. The molecule has 8 heteroatoms. The largest absolute Gasteiger partial charge is 0.486 e. The fourth-order valence-corrected chi connectivity index (χ4v) is 5.12. The molecule has 7 nitrogen and oxygen atoms in total. The van der Waals surface area contributed by atoms with Gasteiger partial charge in [-0.05, 0) is 55.3 Å². The highest BCUT2D eigenvalue weighted by atomic mass is 32.2. The van der Waals surface area contributed by atoms with Crippen LogP contribution in [0, 0.1) is 0 Å². The van der Waals surface area contributed by atoms with Crippen LogP contribution >= 0.6 is 11.8 Å². The average molecular weight is 476 g/mol. The zero-order valence-corrected chi connectivity index (χ0v) is 19.6. The summed E-state index contributed by atoms with van der Waals surface area (Å²) in [6, 6.07) is 16.9. The van der Waals surface area contributed by atoms with Crippen LogP contribution < -0.4 is 19.7 Å². The molecule has 0 saturated carbocycles. The standard InChI is InChI=1S/C26H25N3O4S/c1-17(18-10-11-21-22(16-18)33-15-14-32-21)28-24(30)9-5-13-29-20-7-2-3-8-23(20)34-25-19(26(29)31)6-4-12-27-25/h2-4,6-8,10-12,16-17H,5,9,13-15H2,1H3,(H,28,30)/t17-/m1/s1. The minimum atomic E-state index is -0.168. The number of fused-ring (bicyclic) bond motifs is 3. The maximum Gasteiger partial charge on any atom is 0.261 e. The summed E-state index contributed by atoms with van der Waals surface area (Å²) in [5.41, 5.74) is 2.39. The van der Waals surface area contributed by atoms with E-state index in [9.17, 15) is 9.59 Å². The Kier molecular flexibility index (Phi) is 6.40. The number of pyridine rings is 1. The molecular formula is C26H25N3O4S. The van der Waals surface area contributed by atoms with Crippen LogP contribution in [0.5, 0.6) is 11.5 Å². The monoisotopic (exact) mass is 475 g/mol. The fourth-order valence-electron chi connectivity index (χ4n) is 4.11. The summed E-state index contributed by atoms with van der Waals surface area (Å²) < 4.78 is 11.2. The number of hydrogen-bond acceptors (Lipinski definition) is 6. The number of carbonyl (C=O) groups is 2. The summed E-state index contributed by atoms with van der Waals surface area (Å²) in [4.78, 5) is 33.1. The van der Waals surface area contributed by atoms with Gasteiger partial charge < -0.3 is 19.7 Å². The Morgan fingerprint density at radius 3 is 2.82 bits per heavy atom. The second kappa shape index (κ2) is 9.77. The zero-order valence-electron chi connectivity index (χ0n) is 18.8. The highest BCUT2D eigenvalue weighted by Crippen LogP contribution is 2.40. The average Bonchev–Trinajstić information content (AvgIpc) is 2.98. The molecule has 5 rings (SSSR count). The number of ether oxygens (including phenoxy) is 2. The van der Waals surface area contributed by atoms with Gasteiger partial charge in [-0.25, -0.2) is 4.98 Å². The molecule has 2 aromatic carbocycles. The Labute approximate surface area is 202 Å². The smallest absolute Gasteiger partial charge is 0.261 e. The Morgan fingerprint density at radius 1 is 1.12 bits per heavy atom. The molecule has 34 heavy (non-hydrogen) atoms. The van der Waals surface area contributed by atoms with Gasteiger partial charge in [-0.3, -0.25) is 9.59 Å². The number of amides is 2. The third-order valence-electron chi connectivity index (χ3n) is 5.84. The number of nitrogens with zero attached hydrogens (tertiary/aromatic N) is 2. The molecule has 0 unspecified atom stereocenters. The summed E-state index contributed by atoms with van der Waals surface area (Å²) in [5.74, 6) is 1.28. The van der Waals surface area contributed by atoms with Gasteiger partial charge in [0.05, 0.1) is 17.3 Å². The van der Waals surface area contributed by atoms with Crippen molar-refractivity contribution in [2.24, 2.45) is 0 Å². The maximum absolute atomic E-state index is 13.3. The van der Waals surface area contributed by atoms with Crippen LogP contribution in [0.4, 0.5) is 5.69 Å². The summed E-state index contributed by atoms with van der Waals surface area (Å²) >= 11 is 1.49. The first-order valence-corrected chi connectivity index (χ1v) is 12.1. The lowest BCUT2D eigenvalue weighted by atomic mass is 10.1. The number of para-hydroxylation sites is 1. The third kappa shape index (κ3) is 4.59. The molecular weight excluding hydrogens is 450 g/mol. The van der Waals surface area contributed by atoms with Gasteiger partial charge in [0.1, 0.15) is 18.2 Å². The van der Waals surface area contributed by atoms with Crippen molar-refractivity contribution in [1.29, 1.82) is 0 Å². The van der Waals surface area contributed by atoms with Crippen molar-refractivity contribution < 1.29 is 19.1 Å². The molecule has 3 aromatic rings. The van der Waals surface area contributed by atoms with Gasteiger partial charge in [0, 0.05) is 24.1 Å². The molecule has 0 aliphatic carbocycles. The first-order chi connectivity index (χ1) is 16.6. The molecule has 0 spiro atoms. The lowest BCUT2D eigenvalue weighted by Gasteiger charge is -2.23. The molecule has 0 radical (unpaired) electrons. The van der Waals surface area contributed by atoms with Gasteiger partial charge >= 0.3 is 0 Å². The molecule has 1 atom stereocenters. The van der Waals surface area contributed by atoms with E-state index in [2.05, 4.69) is 10.3 Å². The van der Waals surface area contributed by atoms with Crippen molar-refractivity contribution in [3.8, 4) is 11.5 Å². The molecule has 3 heterocycles. The lowest BCUT2D eigenvalue weighted by molar-refractivity contribution is -0.121. The van der Waals surface area contributed by atoms with Crippen LogP contribution in [0.3, 0.4) is 0 Å². The SMILES string of the molecule is C[C@@H](NC(=O)CCCN1C(=O)c2cccnc2Sc2ccccc21)c1ccc2c(c1)OCCO2. The van der Waals surface area contributed by atoms with Crippen molar-refractivity contribution in [3.63, 3.8) is 0 Å². The molecule has 2 amide bonds. The number of hydrogen-bond donors (Lipinski definition) is 1. The van der Waals surface area contributed by atoms with Gasteiger partial charge in [0.15, 0.2) is 11.5 Å². The summed E-state index contributed by atoms with van der Waals surface area (Å²) in [6.45, 7) is 3.45. The van der Waals surface area contributed by atoms with E-state index in [0.29, 0.717) is 48.9 Å². The van der Waals surface area contributed by atoms with E-state index >= 15 is 0 Å². The van der Waals surface area contributed by atoms with Crippen molar-refractivity contribution in [2.75, 3.05) is 24.7 Å². The number of benzene rings is 2.